The standard InChI is InChI=1S/C8H8N4O2/c1-2-5-3-4-12-6(7(13)14)10-11-8(12)9-5/h3-4H,2H2,1H3,(H,13,14). The molecular formula is C8H8N4O2. The van der Waals surface area contributed by atoms with Crippen molar-refractivity contribution in [2.75, 3.05) is 0 Å². The van der Waals surface area contributed by atoms with E-state index >= 15 is 0 Å². The lowest BCUT2D eigenvalue weighted by Gasteiger charge is -1.96. The van der Waals surface area contributed by atoms with E-state index in [0.29, 0.717) is 5.78 Å². The van der Waals surface area contributed by atoms with Crippen LogP contribution in [0.15, 0.2) is 12.3 Å². The molecule has 2 heterocycles. The van der Waals surface area contributed by atoms with Crippen LogP contribution < -0.4 is 0 Å². The Kier molecular flexibility index (Phi) is 1.88. The fourth-order valence-corrected chi connectivity index (χ4v) is 1.17. The largest absolute Gasteiger partial charge is 0.475 e. The number of aryl methyl sites for hydroxylation is 1. The minimum atomic E-state index is -1.11. The average Bonchev–Trinajstić information content (AvgIpc) is 2.59. The van der Waals surface area contributed by atoms with E-state index in [0.717, 1.165) is 12.1 Å². The van der Waals surface area contributed by atoms with E-state index in [-0.39, 0.29) is 5.82 Å². The van der Waals surface area contributed by atoms with Crippen molar-refractivity contribution in [3.63, 3.8) is 0 Å². The van der Waals surface area contributed by atoms with Crippen LogP contribution in [-0.2, 0) is 6.42 Å². The van der Waals surface area contributed by atoms with Crippen LogP contribution in [0.3, 0.4) is 0 Å². The lowest BCUT2D eigenvalue weighted by atomic mass is 10.3. The summed E-state index contributed by atoms with van der Waals surface area (Å²) >= 11 is 0. The minimum absolute atomic E-state index is 0.116. The van der Waals surface area contributed by atoms with Gasteiger partial charge in [-0.15, -0.1) is 10.2 Å². The van der Waals surface area contributed by atoms with Gasteiger partial charge < -0.3 is 5.11 Å². The first kappa shape index (κ1) is 8.61. The van der Waals surface area contributed by atoms with Crippen molar-refractivity contribution in [2.24, 2.45) is 0 Å². The molecule has 0 bridgehead atoms. The number of carbonyl (C=O) groups is 1. The van der Waals surface area contributed by atoms with Crippen molar-refractivity contribution < 1.29 is 9.90 Å². The smallest absolute Gasteiger partial charge is 0.374 e. The zero-order valence-corrected chi connectivity index (χ0v) is 7.51. The second kappa shape index (κ2) is 3.06. The summed E-state index contributed by atoms with van der Waals surface area (Å²) in [5, 5.41) is 15.9. The number of carboxylic acid groups (broad SMARTS) is 1. The molecule has 0 unspecified atom stereocenters. The third kappa shape index (κ3) is 1.20. The fraction of sp³-hybridized carbons (Fsp3) is 0.250. The highest BCUT2D eigenvalue weighted by molar-refractivity contribution is 5.84. The van der Waals surface area contributed by atoms with Gasteiger partial charge in [0.1, 0.15) is 0 Å². The van der Waals surface area contributed by atoms with Crippen LogP contribution in [0.5, 0.6) is 0 Å². The normalized spacial score (nSPS) is 10.6. The van der Waals surface area contributed by atoms with Crippen LogP contribution in [-0.4, -0.2) is 30.7 Å². The second-order valence-corrected chi connectivity index (χ2v) is 2.77. The summed E-state index contributed by atoms with van der Waals surface area (Å²) < 4.78 is 1.35. The van der Waals surface area contributed by atoms with Crippen molar-refractivity contribution in [1.82, 2.24) is 19.6 Å². The lowest BCUT2D eigenvalue weighted by molar-refractivity contribution is 0.0682. The predicted octanol–water partition coefficient (Wildman–Crippen LogP) is 0.385. The average molecular weight is 192 g/mol. The minimum Gasteiger partial charge on any atom is -0.475 e. The summed E-state index contributed by atoms with van der Waals surface area (Å²) in [6, 6.07) is 1.75. The highest BCUT2D eigenvalue weighted by Gasteiger charge is 2.12. The molecule has 2 aromatic heterocycles. The van der Waals surface area contributed by atoms with Gasteiger partial charge in [-0.25, -0.2) is 9.78 Å². The Labute approximate surface area is 79.2 Å². The molecule has 2 aromatic rings. The van der Waals surface area contributed by atoms with E-state index in [4.69, 9.17) is 5.11 Å². The van der Waals surface area contributed by atoms with Gasteiger partial charge >= 0.3 is 5.97 Å². The Morgan fingerprint density at radius 3 is 3.00 bits per heavy atom. The van der Waals surface area contributed by atoms with Crippen LogP contribution >= 0.6 is 0 Å². The maximum atomic E-state index is 10.7. The zero-order valence-electron chi connectivity index (χ0n) is 7.51. The topological polar surface area (TPSA) is 80.4 Å². The number of aromatic nitrogens is 4. The van der Waals surface area contributed by atoms with E-state index in [2.05, 4.69) is 15.2 Å². The Hall–Kier alpha value is -1.98. The van der Waals surface area contributed by atoms with Gasteiger partial charge in [0.05, 0.1) is 0 Å². The summed E-state index contributed by atoms with van der Waals surface area (Å²) in [6.07, 6.45) is 2.40. The van der Waals surface area contributed by atoms with Gasteiger partial charge in [0.25, 0.3) is 5.78 Å². The SMILES string of the molecule is CCc1ccn2c(C(=O)O)nnc2n1. The number of hydrogen-bond donors (Lipinski definition) is 1. The molecule has 0 saturated carbocycles. The molecule has 0 aromatic carbocycles. The van der Waals surface area contributed by atoms with Gasteiger partial charge in [0, 0.05) is 11.9 Å². The van der Waals surface area contributed by atoms with E-state index in [1.165, 1.54) is 4.40 Å². The zero-order chi connectivity index (χ0) is 10.1. The first-order chi connectivity index (χ1) is 6.72. The van der Waals surface area contributed by atoms with Crippen LogP contribution in [0.4, 0.5) is 0 Å². The van der Waals surface area contributed by atoms with E-state index in [9.17, 15) is 4.79 Å². The van der Waals surface area contributed by atoms with Crippen molar-refractivity contribution >= 4 is 11.7 Å². The van der Waals surface area contributed by atoms with E-state index in [1.54, 1.807) is 12.3 Å². The molecule has 6 nitrogen and oxygen atoms in total. The van der Waals surface area contributed by atoms with Crippen molar-refractivity contribution in [3.8, 4) is 0 Å². The number of nitrogens with zero attached hydrogens (tertiary/aromatic N) is 4. The van der Waals surface area contributed by atoms with Crippen molar-refractivity contribution in [3.05, 3.63) is 23.8 Å². The first-order valence-corrected chi connectivity index (χ1v) is 4.16. The van der Waals surface area contributed by atoms with Crippen molar-refractivity contribution in [1.29, 1.82) is 0 Å². The highest BCUT2D eigenvalue weighted by atomic mass is 16.4. The Morgan fingerprint density at radius 2 is 2.36 bits per heavy atom. The van der Waals surface area contributed by atoms with E-state index < -0.39 is 5.97 Å². The number of fused-ring (bicyclic) bond motifs is 1. The first-order valence-electron chi connectivity index (χ1n) is 4.16. The Morgan fingerprint density at radius 1 is 1.57 bits per heavy atom. The molecule has 2 rings (SSSR count). The molecule has 0 saturated heterocycles. The van der Waals surface area contributed by atoms with Crippen molar-refractivity contribution in [2.45, 2.75) is 13.3 Å². The summed E-state index contributed by atoms with van der Waals surface area (Å²) in [4.78, 5) is 14.8. The van der Waals surface area contributed by atoms with Gasteiger partial charge in [-0.05, 0) is 12.5 Å². The second-order valence-electron chi connectivity index (χ2n) is 2.77. The lowest BCUT2D eigenvalue weighted by Crippen LogP contribution is -2.04. The molecule has 0 spiro atoms. The summed E-state index contributed by atoms with van der Waals surface area (Å²) in [5.41, 5.74) is 0.863. The maximum Gasteiger partial charge on any atom is 0.374 e. The summed E-state index contributed by atoms with van der Waals surface area (Å²) in [7, 11) is 0. The van der Waals surface area contributed by atoms with Crippen LogP contribution in [0, 0.1) is 0 Å². The Bertz CT molecular complexity index is 491. The molecule has 1 N–H and O–H groups in total. The van der Waals surface area contributed by atoms with Gasteiger partial charge in [-0.1, -0.05) is 6.92 Å². The third-order valence-electron chi connectivity index (χ3n) is 1.89. The molecular weight excluding hydrogens is 184 g/mol. The quantitative estimate of drug-likeness (QED) is 0.744. The van der Waals surface area contributed by atoms with Crippen LogP contribution in [0.1, 0.15) is 23.2 Å². The Balaban J connectivity index is 2.65. The molecule has 14 heavy (non-hydrogen) atoms. The molecule has 72 valence electrons. The third-order valence-corrected chi connectivity index (χ3v) is 1.89. The number of carboxylic acids is 1. The van der Waals surface area contributed by atoms with Crippen LogP contribution in [0.25, 0.3) is 5.78 Å². The summed E-state index contributed by atoms with van der Waals surface area (Å²) in [5.74, 6) is -0.902. The summed E-state index contributed by atoms with van der Waals surface area (Å²) in [6.45, 7) is 1.97. The van der Waals surface area contributed by atoms with Gasteiger partial charge in [-0.3, -0.25) is 4.40 Å². The van der Waals surface area contributed by atoms with E-state index in [1.807, 2.05) is 6.92 Å². The monoisotopic (exact) mass is 192 g/mol. The molecule has 0 amide bonds. The predicted molar refractivity (Wildman–Crippen MR) is 47.1 cm³/mol. The number of aromatic carboxylic acids is 1. The van der Waals surface area contributed by atoms with Crippen LogP contribution in [0.2, 0.25) is 0 Å². The molecule has 0 fully saturated rings. The molecule has 6 heteroatoms. The molecule has 0 aliphatic carbocycles. The molecule has 0 radical (unpaired) electrons. The maximum absolute atomic E-state index is 10.7. The molecule has 0 aliphatic rings. The number of rotatable bonds is 2. The van der Waals surface area contributed by atoms with Gasteiger partial charge in [0.2, 0.25) is 5.82 Å². The molecule has 0 aliphatic heterocycles. The van der Waals surface area contributed by atoms with Gasteiger partial charge in [-0.2, -0.15) is 0 Å². The fourth-order valence-electron chi connectivity index (χ4n) is 1.17. The number of hydrogen-bond acceptors (Lipinski definition) is 4. The molecule has 0 atom stereocenters. The highest BCUT2D eigenvalue weighted by Crippen LogP contribution is 2.03. The van der Waals surface area contributed by atoms with Gasteiger partial charge in [0.15, 0.2) is 0 Å².